The molecule has 5 heteroatoms. The van der Waals surface area contributed by atoms with Gasteiger partial charge >= 0.3 is 0 Å². The largest absolute Gasteiger partial charge is 0.493 e. The summed E-state index contributed by atoms with van der Waals surface area (Å²) in [5.74, 6) is 1.96. The number of hydrogen-bond donors (Lipinski definition) is 1. The maximum absolute atomic E-state index is 5.78. The van der Waals surface area contributed by atoms with Gasteiger partial charge in [0.15, 0.2) is 11.5 Å². The highest BCUT2D eigenvalue weighted by Crippen LogP contribution is 2.28. The minimum Gasteiger partial charge on any atom is -0.493 e. The summed E-state index contributed by atoms with van der Waals surface area (Å²) in [6, 6.07) is 7.67. The number of nitrogens with two attached hydrogens (primary N) is 1. The van der Waals surface area contributed by atoms with Gasteiger partial charge in [-0.05, 0) is 31.5 Å². The van der Waals surface area contributed by atoms with E-state index in [1.54, 1.807) is 7.11 Å². The molecule has 2 aromatic rings. The molecule has 1 aromatic carbocycles. The molecular weight excluding hydrogens is 242 g/mol. The van der Waals surface area contributed by atoms with Gasteiger partial charge in [-0.3, -0.25) is 4.68 Å². The Kier molecular flexibility index (Phi) is 3.94. The first-order chi connectivity index (χ1) is 9.13. The van der Waals surface area contributed by atoms with Crippen molar-refractivity contribution in [2.45, 2.75) is 27.0 Å². The molecule has 0 amide bonds. The molecule has 0 bridgehead atoms. The second-order valence-corrected chi connectivity index (χ2v) is 4.32. The Morgan fingerprint density at radius 2 is 2.05 bits per heavy atom. The number of hydrogen-bond acceptors (Lipinski definition) is 4. The van der Waals surface area contributed by atoms with Gasteiger partial charge in [0.05, 0.1) is 12.8 Å². The molecule has 0 saturated heterocycles. The summed E-state index contributed by atoms with van der Waals surface area (Å²) in [7, 11) is 1.63. The van der Waals surface area contributed by atoms with Crippen molar-refractivity contribution in [2.24, 2.45) is 0 Å². The molecule has 0 aliphatic rings. The van der Waals surface area contributed by atoms with E-state index in [0.717, 1.165) is 29.3 Å². The quantitative estimate of drug-likeness (QED) is 0.897. The molecule has 5 nitrogen and oxygen atoms in total. The first kappa shape index (κ1) is 13.3. The van der Waals surface area contributed by atoms with Gasteiger partial charge in [-0.2, -0.15) is 5.10 Å². The van der Waals surface area contributed by atoms with Crippen LogP contribution in [0, 0.1) is 6.92 Å². The molecule has 0 unspecified atom stereocenters. The summed E-state index contributed by atoms with van der Waals surface area (Å²) in [6.45, 7) is 5.21. The summed E-state index contributed by atoms with van der Waals surface area (Å²) in [6.07, 6.45) is 0. The van der Waals surface area contributed by atoms with Gasteiger partial charge in [0, 0.05) is 12.6 Å². The van der Waals surface area contributed by atoms with E-state index in [4.69, 9.17) is 15.2 Å². The molecule has 1 heterocycles. The smallest absolute Gasteiger partial charge is 0.161 e. The lowest BCUT2D eigenvalue weighted by Crippen LogP contribution is -2.06. The summed E-state index contributed by atoms with van der Waals surface area (Å²) in [5.41, 5.74) is 7.77. The number of ether oxygens (including phenoxy) is 2. The molecule has 2 rings (SSSR count). The van der Waals surface area contributed by atoms with E-state index in [2.05, 4.69) is 5.10 Å². The zero-order valence-electron chi connectivity index (χ0n) is 11.5. The summed E-state index contributed by atoms with van der Waals surface area (Å²) >= 11 is 0. The standard InChI is InChI=1S/C14H19N3O2/c1-4-17-11(8-14(15)16-17)9-19-12-6-5-10(2)7-13(12)18-3/h5-8H,4,9H2,1-3H3,(H2,15,16). The van der Waals surface area contributed by atoms with Crippen LogP contribution in [-0.2, 0) is 13.2 Å². The predicted molar refractivity (Wildman–Crippen MR) is 74.4 cm³/mol. The van der Waals surface area contributed by atoms with Crippen molar-refractivity contribution < 1.29 is 9.47 Å². The number of rotatable bonds is 5. The van der Waals surface area contributed by atoms with Crippen LogP contribution in [0.15, 0.2) is 24.3 Å². The molecule has 0 saturated carbocycles. The van der Waals surface area contributed by atoms with Crippen molar-refractivity contribution in [3.05, 3.63) is 35.5 Å². The van der Waals surface area contributed by atoms with Crippen molar-refractivity contribution in [3.63, 3.8) is 0 Å². The first-order valence-corrected chi connectivity index (χ1v) is 6.23. The van der Waals surface area contributed by atoms with Gasteiger partial charge in [0.25, 0.3) is 0 Å². The Balaban J connectivity index is 2.14. The van der Waals surface area contributed by atoms with E-state index in [1.807, 2.05) is 42.8 Å². The second-order valence-electron chi connectivity index (χ2n) is 4.32. The van der Waals surface area contributed by atoms with Crippen LogP contribution in [-0.4, -0.2) is 16.9 Å². The van der Waals surface area contributed by atoms with Gasteiger partial charge in [-0.1, -0.05) is 6.07 Å². The average molecular weight is 261 g/mol. The maximum atomic E-state index is 5.78. The highest BCUT2D eigenvalue weighted by molar-refractivity contribution is 5.42. The van der Waals surface area contributed by atoms with Crippen molar-refractivity contribution >= 4 is 5.82 Å². The maximum Gasteiger partial charge on any atom is 0.161 e. The lowest BCUT2D eigenvalue weighted by molar-refractivity contribution is 0.274. The SMILES string of the molecule is CCn1nc(N)cc1COc1ccc(C)cc1OC. The normalized spacial score (nSPS) is 10.5. The molecular formula is C14H19N3O2. The zero-order chi connectivity index (χ0) is 13.8. The summed E-state index contributed by atoms with van der Waals surface area (Å²) < 4.78 is 12.9. The fourth-order valence-electron chi connectivity index (χ4n) is 1.91. The Bertz CT molecular complexity index is 564. The van der Waals surface area contributed by atoms with Gasteiger partial charge in [-0.15, -0.1) is 0 Å². The molecule has 0 spiro atoms. The topological polar surface area (TPSA) is 62.3 Å². The van der Waals surface area contributed by atoms with Crippen LogP contribution in [0.5, 0.6) is 11.5 Å². The third kappa shape index (κ3) is 2.99. The number of methoxy groups -OCH3 is 1. The minimum atomic E-state index is 0.414. The summed E-state index contributed by atoms with van der Waals surface area (Å²) in [4.78, 5) is 0. The highest BCUT2D eigenvalue weighted by Gasteiger charge is 2.08. The van der Waals surface area contributed by atoms with Crippen LogP contribution in [0.4, 0.5) is 5.82 Å². The molecule has 0 aliphatic heterocycles. The predicted octanol–water partition coefficient (Wildman–Crippen LogP) is 2.38. The summed E-state index contributed by atoms with van der Waals surface area (Å²) in [5, 5.41) is 4.18. The number of benzene rings is 1. The lowest BCUT2D eigenvalue weighted by atomic mass is 10.2. The van der Waals surface area contributed by atoms with Crippen molar-refractivity contribution in [1.29, 1.82) is 0 Å². The Labute approximate surface area is 112 Å². The highest BCUT2D eigenvalue weighted by atomic mass is 16.5. The minimum absolute atomic E-state index is 0.414. The second kappa shape index (κ2) is 5.65. The fourth-order valence-corrected chi connectivity index (χ4v) is 1.91. The van der Waals surface area contributed by atoms with E-state index >= 15 is 0 Å². The molecule has 0 fully saturated rings. The van der Waals surface area contributed by atoms with Gasteiger partial charge in [0.2, 0.25) is 0 Å². The molecule has 0 radical (unpaired) electrons. The van der Waals surface area contributed by atoms with E-state index < -0.39 is 0 Å². The molecule has 0 aliphatic carbocycles. The Morgan fingerprint density at radius 1 is 1.26 bits per heavy atom. The molecule has 19 heavy (non-hydrogen) atoms. The molecule has 102 valence electrons. The fraction of sp³-hybridized carbons (Fsp3) is 0.357. The third-order valence-electron chi connectivity index (χ3n) is 2.88. The van der Waals surface area contributed by atoms with E-state index in [1.165, 1.54) is 0 Å². The molecule has 2 N–H and O–H groups in total. The number of aromatic nitrogens is 2. The van der Waals surface area contributed by atoms with E-state index in [0.29, 0.717) is 12.4 Å². The zero-order valence-corrected chi connectivity index (χ0v) is 11.5. The van der Waals surface area contributed by atoms with Crippen LogP contribution < -0.4 is 15.2 Å². The van der Waals surface area contributed by atoms with Crippen LogP contribution >= 0.6 is 0 Å². The van der Waals surface area contributed by atoms with Crippen LogP contribution in [0.2, 0.25) is 0 Å². The van der Waals surface area contributed by atoms with Gasteiger partial charge in [-0.25, -0.2) is 0 Å². The van der Waals surface area contributed by atoms with Crippen LogP contribution in [0.3, 0.4) is 0 Å². The van der Waals surface area contributed by atoms with Crippen molar-refractivity contribution in [3.8, 4) is 11.5 Å². The number of nitrogens with zero attached hydrogens (tertiary/aromatic N) is 2. The van der Waals surface area contributed by atoms with E-state index in [9.17, 15) is 0 Å². The molecule has 0 atom stereocenters. The number of anilines is 1. The Morgan fingerprint density at radius 3 is 2.74 bits per heavy atom. The third-order valence-corrected chi connectivity index (χ3v) is 2.88. The first-order valence-electron chi connectivity index (χ1n) is 6.23. The van der Waals surface area contributed by atoms with Crippen LogP contribution in [0.1, 0.15) is 18.2 Å². The Hall–Kier alpha value is -2.17. The van der Waals surface area contributed by atoms with Crippen LogP contribution in [0.25, 0.3) is 0 Å². The van der Waals surface area contributed by atoms with E-state index in [-0.39, 0.29) is 0 Å². The average Bonchev–Trinajstić information content (AvgIpc) is 2.77. The van der Waals surface area contributed by atoms with Crippen molar-refractivity contribution in [2.75, 3.05) is 12.8 Å². The number of aryl methyl sites for hydroxylation is 2. The van der Waals surface area contributed by atoms with Gasteiger partial charge < -0.3 is 15.2 Å². The van der Waals surface area contributed by atoms with Crippen molar-refractivity contribution in [1.82, 2.24) is 9.78 Å². The lowest BCUT2D eigenvalue weighted by Gasteiger charge is -2.11. The monoisotopic (exact) mass is 261 g/mol. The number of nitrogen functional groups attached to an aromatic ring is 1. The molecule has 1 aromatic heterocycles. The van der Waals surface area contributed by atoms with Gasteiger partial charge in [0.1, 0.15) is 12.4 Å².